The van der Waals surface area contributed by atoms with E-state index < -0.39 is 0 Å². The van der Waals surface area contributed by atoms with Crippen molar-refractivity contribution >= 4 is 5.82 Å². The summed E-state index contributed by atoms with van der Waals surface area (Å²) in [6, 6.07) is 0. The number of nitrogens with zero attached hydrogens (tertiary/aromatic N) is 2. The van der Waals surface area contributed by atoms with Crippen LogP contribution in [0.5, 0.6) is 0 Å². The highest BCUT2D eigenvalue weighted by atomic mass is 19.1. The van der Waals surface area contributed by atoms with Crippen LogP contribution in [0.25, 0.3) is 0 Å². The molecule has 0 unspecified atom stereocenters. The highest BCUT2D eigenvalue weighted by molar-refractivity contribution is 5.38. The largest absolute Gasteiger partial charge is 0.368 e. The maximum Gasteiger partial charge on any atom is 0.186 e. The van der Waals surface area contributed by atoms with Crippen LogP contribution in [0.15, 0.2) is 0 Å². The average Bonchev–Trinajstić information content (AvgIpc) is 2.11. The molecule has 3 nitrogen and oxygen atoms in total. The number of halogens is 1. The average molecular weight is 211 g/mol. The van der Waals surface area contributed by atoms with Crippen molar-refractivity contribution in [2.45, 2.75) is 40.0 Å². The quantitative estimate of drug-likeness (QED) is 0.817. The van der Waals surface area contributed by atoms with Crippen molar-refractivity contribution in [1.82, 2.24) is 9.97 Å². The number of aryl methyl sites for hydroxylation is 1. The lowest BCUT2D eigenvalue weighted by Crippen LogP contribution is -2.19. The maximum atomic E-state index is 13.6. The molecule has 84 valence electrons. The van der Waals surface area contributed by atoms with E-state index >= 15 is 0 Å². The van der Waals surface area contributed by atoms with Gasteiger partial charge in [0, 0.05) is 12.0 Å². The van der Waals surface area contributed by atoms with Crippen LogP contribution in [0.1, 0.15) is 39.2 Å². The van der Waals surface area contributed by atoms with Crippen LogP contribution >= 0.6 is 0 Å². The van der Waals surface area contributed by atoms with Crippen molar-refractivity contribution in [1.29, 1.82) is 0 Å². The Labute approximate surface area is 90.1 Å². The molecule has 0 aromatic carbocycles. The Morgan fingerprint density at radius 1 is 1.27 bits per heavy atom. The molecule has 0 spiro atoms. The van der Waals surface area contributed by atoms with Crippen LogP contribution in [-0.2, 0) is 5.41 Å². The number of nitrogens with one attached hydrogen (secondary N) is 1. The fraction of sp³-hybridized carbons (Fsp3) is 0.636. The number of rotatable bonds is 2. The third-order valence-corrected chi connectivity index (χ3v) is 2.03. The van der Waals surface area contributed by atoms with Gasteiger partial charge in [-0.25, -0.2) is 14.4 Å². The summed E-state index contributed by atoms with van der Waals surface area (Å²) in [6.45, 7) is 10.2. The first-order chi connectivity index (χ1) is 6.86. The molecular weight excluding hydrogens is 193 g/mol. The fourth-order valence-electron chi connectivity index (χ4n) is 1.18. The van der Waals surface area contributed by atoms with Gasteiger partial charge in [0.05, 0.1) is 5.69 Å². The Balaban J connectivity index is 3.23. The summed E-state index contributed by atoms with van der Waals surface area (Å²) < 4.78 is 13.6. The van der Waals surface area contributed by atoms with Gasteiger partial charge in [-0.1, -0.05) is 20.8 Å². The van der Waals surface area contributed by atoms with Gasteiger partial charge in [0.15, 0.2) is 11.6 Å². The van der Waals surface area contributed by atoms with Gasteiger partial charge in [0.25, 0.3) is 0 Å². The van der Waals surface area contributed by atoms with E-state index in [1.807, 2.05) is 27.7 Å². The molecule has 1 N–H and O–H groups in total. The van der Waals surface area contributed by atoms with E-state index in [1.54, 1.807) is 6.92 Å². The van der Waals surface area contributed by atoms with Gasteiger partial charge in [-0.05, 0) is 13.8 Å². The maximum absolute atomic E-state index is 13.6. The van der Waals surface area contributed by atoms with Crippen LogP contribution < -0.4 is 5.32 Å². The number of hydrogen-bond donors (Lipinski definition) is 1. The minimum atomic E-state index is -0.357. The standard InChI is InChI=1S/C11H18FN3/c1-6-13-9-8(12)7(2)14-10(15-9)11(3,4)5/h6H2,1-5H3,(H,13,14,15). The third-order valence-electron chi connectivity index (χ3n) is 2.03. The van der Waals surface area contributed by atoms with E-state index in [4.69, 9.17) is 0 Å². The number of anilines is 1. The van der Waals surface area contributed by atoms with Crippen molar-refractivity contribution in [3.8, 4) is 0 Å². The zero-order valence-corrected chi connectivity index (χ0v) is 9.98. The highest BCUT2D eigenvalue weighted by Crippen LogP contribution is 2.22. The molecule has 0 bridgehead atoms. The molecule has 0 aliphatic heterocycles. The predicted octanol–water partition coefficient (Wildman–Crippen LogP) is 2.65. The fourth-order valence-corrected chi connectivity index (χ4v) is 1.18. The molecule has 1 aromatic rings. The molecular formula is C11H18FN3. The van der Waals surface area contributed by atoms with Gasteiger partial charge in [-0.2, -0.15) is 0 Å². The molecule has 0 aliphatic rings. The lowest BCUT2D eigenvalue weighted by atomic mass is 9.95. The first kappa shape index (κ1) is 11.9. The van der Waals surface area contributed by atoms with Gasteiger partial charge in [-0.3, -0.25) is 0 Å². The summed E-state index contributed by atoms with van der Waals surface area (Å²) in [5.74, 6) is 0.608. The van der Waals surface area contributed by atoms with Gasteiger partial charge in [-0.15, -0.1) is 0 Å². The van der Waals surface area contributed by atoms with E-state index in [0.29, 0.717) is 23.9 Å². The zero-order chi connectivity index (χ0) is 11.6. The summed E-state index contributed by atoms with van der Waals surface area (Å²) >= 11 is 0. The molecule has 0 aliphatic carbocycles. The van der Waals surface area contributed by atoms with Crippen LogP contribution in [0.2, 0.25) is 0 Å². The second-order valence-electron chi connectivity index (χ2n) is 4.58. The molecule has 0 saturated heterocycles. The van der Waals surface area contributed by atoms with E-state index in [9.17, 15) is 4.39 Å². The van der Waals surface area contributed by atoms with Crippen molar-refractivity contribution < 1.29 is 4.39 Å². The van der Waals surface area contributed by atoms with Gasteiger partial charge in [0.1, 0.15) is 5.82 Å². The van der Waals surface area contributed by atoms with E-state index in [2.05, 4.69) is 15.3 Å². The Morgan fingerprint density at radius 3 is 2.33 bits per heavy atom. The molecule has 0 amide bonds. The van der Waals surface area contributed by atoms with Crippen molar-refractivity contribution in [3.05, 3.63) is 17.3 Å². The molecule has 1 rings (SSSR count). The Hall–Kier alpha value is -1.19. The minimum Gasteiger partial charge on any atom is -0.368 e. The Morgan fingerprint density at radius 2 is 1.87 bits per heavy atom. The third kappa shape index (κ3) is 2.64. The normalized spacial score (nSPS) is 11.6. The van der Waals surface area contributed by atoms with Crippen LogP contribution in [-0.4, -0.2) is 16.5 Å². The first-order valence-electron chi connectivity index (χ1n) is 5.14. The molecule has 15 heavy (non-hydrogen) atoms. The molecule has 0 saturated carbocycles. The lowest BCUT2D eigenvalue weighted by molar-refractivity contribution is 0.526. The van der Waals surface area contributed by atoms with Crippen molar-refractivity contribution in [3.63, 3.8) is 0 Å². The smallest absolute Gasteiger partial charge is 0.186 e. The van der Waals surface area contributed by atoms with Crippen LogP contribution in [0.4, 0.5) is 10.2 Å². The summed E-state index contributed by atoms with van der Waals surface area (Å²) in [5, 5.41) is 2.90. The lowest BCUT2D eigenvalue weighted by Gasteiger charge is -2.18. The van der Waals surface area contributed by atoms with E-state index in [1.165, 1.54) is 0 Å². The van der Waals surface area contributed by atoms with Crippen molar-refractivity contribution in [2.75, 3.05) is 11.9 Å². The molecule has 4 heteroatoms. The van der Waals surface area contributed by atoms with Crippen LogP contribution in [0, 0.1) is 12.7 Å². The van der Waals surface area contributed by atoms with Gasteiger partial charge < -0.3 is 5.32 Å². The summed E-state index contributed by atoms with van der Waals surface area (Å²) in [4.78, 5) is 8.36. The SMILES string of the molecule is CCNc1nc(C(C)(C)C)nc(C)c1F. The van der Waals surface area contributed by atoms with Crippen molar-refractivity contribution in [2.24, 2.45) is 0 Å². The van der Waals surface area contributed by atoms with E-state index in [0.717, 1.165) is 0 Å². The summed E-state index contributed by atoms with van der Waals surface area (Å²) in [5.41, 5.74) is 0.230. The number of hydrogen-bond acceptors (Lipinski definition) is 3. The Kier molecular flexibility index (Phi) is 3.27. The molecule has 0 atom stereocenters. The summed E-state index contributed by atoms with van der Waals surface area (Å²) in [6.07, 6.45) is 0. The van der Waals surface area contributed by atoms with E-state index in [-0.39, 0.29) is 11.2 Å². The molecule has 0 radical (unpaired) electrons. The Bertz CT molecular complexity index is 356. The molecule has 0 fully saturated rings. The molecule has 1 aromatic heterocycles. The van der Waals surface area contributed by atoms with Crippen LogP contribution in [0.3, 0.4) is 0 Å². The summed E-state index contributed by atoms with van der Waals surface area (Å²) in [7, 11) is 0. The number of aromatic nitrogens is 2. The highest BCUT2D eigenvalue weighted by Gasteiger charge is 2.20. The topological polar surface area (TPSA) is 37.8 Å². The monoisotopic (exact) mass is 211 g/mol. The molecule has 1 heterocycles. The first-order valence-corrected chi connectivity index (χ1v) is 5.14. The zero-order valence-electron chi connectivity index (χ0n) is 9.98. The predicted molar refractivity (Wildman–Crippen MR) is 59.6 cm³/mol. The second kappa shape index (κ2) is 4.13. The minimum absolute atomic E-state index is 0.164. The van der Waals surface area contributed by atoms with Gasteiger partial charge >= 0.3 is 0 Å². The van der Waals surface area contributed by atoms with Gasteiger partial charge in [0.2, 0.25) is 0 Å². The second-order valence-corrected chi connectivity index (χ2v) is 4.58.